The fourth-order valence-electron chi connectivity index (χ4n) is 3.21. The van der Waals surface area contributed by atoms with Crippen LogP contribution in [-0.4, -0.2) is 33.7 Å². The minimum absolute atomic E-state index is 0.0842. The standard InChI is InChI=1S/C22H26ClN3O4/c1-4-19(22(28)24-15(2)3)25(14-17-10-5-7-11-18(17)23)21(27)13-16-9-6-8-12-20(16)26(29)30/h5-12,15,19H,4,13-14H2,1-3H3,(H,24,28). The molecule has 0 spiro atoms. The lowest BCUT2D eigenvalue weighted by molar-refractivity contribution is -0.385. The van der Waals surface area contributed by atoms with E-state index >= 15 is 0 Å². The highest BCUT2D eigenvalue weighted by Gasteiger charge is 2.30. The molecule has 30 heavy (non-hydrogen) atoms. The van der Waals surface area contributed by atoms with Crippen LogP contribution in [0.2, 0.25) is 5.02 Å². The van der Waals surface area contributed by atoms with Gasteiger partial charge in [-0.1, -0.05) is 54.9 Å². The predicted octanol–water partition coefficient (Wildman–Crippen LogP) is 4.12. The lowest BCUT2D eigenvalue weighted by atomic mass is 10.1. The van der Waals surface area contributed by atoms with Crippen LogP contribution in [0, 0.1) is 10.1 Å². The highest BCUT2D eigenvalue weighted by molar-refractivity contribution is 6.31. The Balaban J connectivity index is 2.39. The molecular weight excluding hydrogens is 406 g/mol. The number of hydrogen-bond acceptors (Lipinski definition) is 4. The van der Waals surface area contributed by atoms with Crippen LogP contribution in [0.1, 0.15) is 38.3 Å². The Morgan fingerprint density at radius 2 is 1.70 bits per heavy atom. The molecule has 160 valence electrons. The van der Waals surface area contributed by atoms with Crippen LogP contribution in [0.5, 0.6) is 0 Å². The van der Waals surface area contributed by atoms with E-state index in [1.54, 1.807) is 42.5 Å². The second-order valence-electron chi connectivity index (χ2n) is 7.26. The maximum Gasteiger partial charge on any atom is 0.273 e. The van der Waals surface area contributed by atoms with Gasteiger partial charge in [-0.05, 0) is 31.9 Å². The number of benzene rings is 2. The first-order valence-electron chi connectivity index (χ1n) is 9.80. The van der Waals surface area contributed by atoms with Crippen molar-refractivity contribution in [1.29, 1.82) is 0 Å². The SMILES string of the molecule is CCC(C(=O)NC(C)C)N(Cc1ccccc1Cl)C(=O)Cc1ccccc1[N+](=O)[O-]. The van der Waals surface area contributed by atoms with Gasteiger partial charge in [-0.15, -0.1) is 0 Å². The third-order valence-corrected chi connectivity index (χ3v) is 5.01. The summed E-state index contributed by atoms with van der Waals surface area (Å²) < 4.78 is 0. The molecule has 0 heterocycles. The number of nitro groups is 1. The molecule has 2 aromatic rings. The van der Waals surface area contributed by atoms with Gasteiger partial charge in [0.25, 0.3) is 5.69 Å². The zero-order valence-corrected chi connectivity index (χ0v) is 18.1. The fraction of sp³-hybridized carbons (Fsp3) is 0.364. The molecule has 0 aliphatic rings. The molecule has 1 N–H and O–H groups in total. The number of rotatable bonds is 9. The molecule has 2 aromatic carbocycles. The number of nitro benzene ring substituents is 1. The van der Waals surface area contributed by atoms with E-state index in [1.165, 1.54) is 11.0 Å². The highest BCUT2D eigenvalue weighted by Crippen LogP contribution is 2.23. The van der Waals surface area contributed by atoms with Gasteiger partial charge in [-0.2, -0.15) is 0 Å². The first kappa shape index (κ1) is 23.3. The normalized spacial score (nSPS) is 11.8. The van der Waals surface area contributed by atoms with Crippen LogP contribution in [0.3, 0.4) is 0 Å². The minimum Gasteiger partial charge on any atom is -0.352 e. The average Bonchev–Trinajstić information content (AvgIpc) is 2.68. The first-order chi connectivity index (χ1) is 14.2. The number of halogens is 1. The van der Waals surface area contributed by atoms with Gasteiger partial charge < -0.3 is 10.2 Å². The van der Waals surface area contributed by atoms with E-state index < -0.39 is 11.0 Å². The predicted molar refractivity (Wildman–Crippen MR) is 116 cm³/mol. The number of para-hydroxylation sites is 1. The quantitative estimate of drug-likeness (QED) is 0.477. The van der Waals surface area contributed by atoms with Gasteiger partial charge in [0.2, 0.25) is 11.8 Å². The molecule has 0 radical (unpaired) electrons. The third-order valence-electron chi connectivity index (χ3n) is 4.65. The van der Waals surface area contributed by atoms with E-state index in [4.69, 9.17) is 11.6 Å². The van der Waals surface area contributed by atoms with Crippen molar-refractivity contribution < 1.29 is 14.5 Å². The van der Waals surface area contributed by atoms with E-state index in [0.29, 0.717) is 22.6 Å². The number of amides is 2. The summed E-state index contributed by atoms with van der Waals surface area (Å²) in [5.74, 6) is -0.648. The van der Waals surface area contributed by atoms with Crippen LogP contribution in [0.4, 0.5) is 5.69 Å². The number of nitrogens with zero attached hydrogens (tertiary/aromatic N) is 2. The second-order valence-corrected chi connectivity index (χ2v) is 7.67. The van der Waals surface area contributed by atoms with Gasteiger partial charge in [-0.3, -0.25) is 19.7 Å². The molecular formula is C22H26ClN3O4. The third kappa shape index (κ3) is 6.03. The van der Waals surface area contributed by atoms with E-state index in [0.717, 1.165) is 0 Å². The van der Waals surface area contributed by atoms with Gasteiger partial charge in [-0.25, -0.2) is 0 Å². The molecule has 0 bridgehead atoms. The van der Waals surface area contributed by atoms with Crippen LogP contribution < -0.4 is 5.32 Å². The zero-order valence-electron chi connectivity index (χ0n) is 17.3. The molecule has 0 aromatic heterocycles. The fourth-order valence-corrected chi connectivity index (χ4v) is 3.41. The molecule has 2 rings (SSSR count). The Kier molecular flexibility index (Phi) is 8.35. The van der Waals surface area contributed by atoms with Gasteiger partial charge in [0.1, 0.15) is 6.04 Å². The number of hydrogen-bond donors (Lipinski definition) is 1. The van der Waals surface area contributed by atoms with Crippen molar-refractivity contribution in [3.63, 3.8) is 0 Å². The molecule has 0 saturated heterocycles. The van der Waals surface area contributed by atoms with E-state index in [-0.39, 0.29) is 36.5 Å². The molecule has 0 aliphatic heterocycles. The Morgan fingerprint density at radius 3 is 2.27 bits per heavy atom. The Labute approximate surface area is 181 Å². The number of carbonyl (C=O) groups excluding carboxylic acids is 2. The van der Waals surface area contributed by atoms with E-state index in [1.807, 2.05) is 20.8 Å². The summed E-state index contributed by atoms with van der Waals surface area (Å²) in [6, 6.07) is 12.4. The maximum atomic E-state index is 13.3. The van der Waals surface area contributed by atoms with Crippen LogP contribution in [0.25, 0.3) is 0 Å². The smallest absolute Gasteiger partial charge is 0.273 e. The van der Waals surface area contributed by atoms with Crippen molar-refractivity contribution in [2.75, 3.05) is 0 Å². The van der Waals surface area contributed by atoms with E-state index in [9.17, 15) is 19.7 Å². The molecule has 2 amide bonds. The van der Waals surface area contributed by atoms with Gasteiger partial charge in [0.05, 0.1) is 11.3 Å². The molecule has 1 unspecified atom stereocenters. The molecule has 7 nitrogen and oxygen atoms in total. The van der Waals surface area contributed by atoms with Gasteiger partial charge >= 0.3 is 0 Å². The monoisotopic (exact) mass is 431 g/mol. The topological polar surface area (TPSA) is 92.6 Å². The van der Waals surface area contributed by atoms with Crippen molar-refractivity contribution in [3.05, 3.63) is 74.8 Å². The lowest BCUT2D eigenvalue weighted by Crippen LogP contribution is -2.50. The first-order valence-corrected chi connectivity index (χ1v) is 10.2. The Bertz CT molecular complexity index is 917. The Hall–Kier alpha value is -2.93. The molecule has 1 atom stereocenters. The largest absolute Gasteiger partial charge is 0.352 e. The summed E-state index contributed by atoms with van der Waals surface area (Å²) >= 11 is 6.28. The van der Waals surface area contributed by atoms with Crippen LogP contribution >= 0.6 is 11.6 Å². The highest BCUT2D eigenvalue weighted by atomic mass is 35.5. The molecule has 0 fully saturated rings. The van der Waals surface area contributed by atoms with Crippen molar-refractivity contribution >= 4 is 29.1 Å². The summed E-state index contributed by atoms with van der Waals surface area (Å²) in [5.41, 5.74) is 0.880. The summed E-state index contributed by atoms with van der Waals surface area (Å²) in [7, 11) is 0. The van der Waals surface area contributed by atoms with Crippen molar-refractivity contribution in [2.45, 2.75) is 52.2 Å². The van der Waals surface area contributed by atoms with Crippen molar-refractivity contribution in [2.24, 2.45) is 0 Å². The minimum atomic E-state index is -0.723. The van der Waals surface area contributed by atoms with Gasteiger partial charge in [0.15, 0.2) is 0 Å². The Morgan fingerprint density at radius 1 is 1.10 bits per heavy atom. The number of nitrogens with one attached hydrogen (secondary N) is 1. The maximum absolute atomic E-state index is 13.3. The van der Waals surface area contributed by atoms with Crippen LogP contribution in [-0.2, 0) is 22.6 Å². The van der Waals surface area contributed by atoms with Crippen molar-refractivity contribution in [1.82, 2.24) is 10.2 Å². The molecule has 8 heteroatoms. The summed E-state index contributed by atoms with van der Waals surface area (Å²) in [6.07, 6.45) is 0.207. The average molecular weight is 432 g/mol. The second kappa shape index (κ2) is 10.7. The molecule has 0 aliphatic carbocycles. The zero-order chi connectivity index (χ0) is 22.3. The van der Waals surface area contributed by atoms with Gasteiger partial charge in [0, 0.05) is 29.2 Å². The summed E-state index contributed by atoms with van der Waals surface area (Å²) in [5, 5.41) is 14.7. The molecule has 0 saturated carbocycles. The van der Waals surface area contributed by atoms with E-state index in [2.05, 4.69) is 5.32 Å². The summed E-state index contributed by atoms with van der Waals surface area (Å²) in [4.78, 5) is 38.3. The van der Waals surface area contributed by atoms with Crippen molar-refractivity contribution in [3.8, 4) is 0 Å². The number of carbonyl (C=O) groups is 2. The summed E-state index contributed by atoms with van der Waals surface area (Å²) in [6.45, 7) is 5.64. The lowest BCUT2D eigenvalue weighted by Gasteiger charge is -2.31. The van der Waals surface area contributed by atoms with Crippen LogP contribution in [0.15, 0.2) is 48.5 Å².